The molecule has 136 valence electrons. The molecule has 0 amide bonds. The molecule has 4 heterocycles. The number of hydrogen-bond acceptors (Lipinski definition) is 5. The van der Waals surface area contributed by atoms with Crippen LogP contribution in [0.1, 0.15) is 30.3 Å². The van der Waals surface area contributed by atoms with E-state index in [2.05, 4.69) is 20.4 Å². The van der Waals surface area contributed by atoms with Crippen LogP contribution in [0.15, 0.2) is 49.2 Å². The fraction of sp³-hybridized carbons (Fsp3) is 0.421. The molecule has 0 unspecified atom stereocenters. The van der Waals surface area contributed by atoms with Gasteiger partial charge in [0.2, 0.25) is 0 Å². The van der Waals surface area contributed by atoms with Crippen molar-refractivity contribution in [3.8, 4) is 0 Å². The van der Waals surface area contributed by atoms with Gasteiger partial charge in [-0.3, -0.25) is 9.67 Å². The van der Waals surface area contributed by atoms with Crippen LogP contribution in [-0.4, -0.2) is 37.5 Å². The number of rotatable bonds is 6. The quantitative estimate of drug-likeness (QED) is 0.738. The molecule has 1 N–H and O–H groups in total. The fourth-order valence-electron chi connectivity index (χ4n) is 3.44. The smallest absolute Gasteiger partial charge is 0.148 e. The summed E-state index contributed by atoms with van der Waals surface area (Å²) in [5.74, 6) is 2.28. The molecule has 0 aromatic carbocycles. The Labute approximate surface area is 153 Å². The van der Waals surface area contributed by atoms with E-state index in [9.17, 15) is 0 Å². The molecule has 0 spiro atoms. The van der Waals surface area contributed by atoms with Crippen molar-refractivity contribution < 1.29 is 4.74 Å². The Morgan fingerprint density at radius 1 is 1.19 bits per heavy atom. The second-order valence-electron chi connectivity index (χ2n) is 6.72. The molecule has 7 nitrogen and oxygen atoms in total. The molecule has 7 heteroatoms. The molecule has 1 fully saturated rings. The number of pyridine rings is 1. The Kier molecular flexibility index (Phi) is 4.97. The molecule has 26 heavy (non-hydrogen) atoms. The zero-order valence-electron chi connectivity index (χ0n) is 15.0. The minimum Gasteiger partial charge on any atom is -0.370 e. The lowest BCUT2D eigenvalue weighted by Crippen LogP contribution is -2.30. The number of anilines is 1. The molecular formula is C19H24N6O. The summed E-state index contributed by atoms with van der Waals surface area (Å²) >= 11 is 0. The van der Waals surface area contributed by atoms with Gasteiger partial charge in [-0.05, 0) is 30.5 Å². The van der Waals surface area contributed by atoms with Crippen molar-refractivity contribution >= 4 is 5.82 Å². The average molecular weight is 352 g/mol. The van der Waals surface area contributed by atoms with Crippen LogP contribution in [0, 0.1) is 5.92 Å². The largest absolute Gasteiger partial charge is 0.370 e. The van der Waals surface area contributed by atoms with Crippen molar-refractivity contribution in [3.63, 3.8) is 0 Å². The predicted molar refractivity (Wildman–Crippen MR) is 98.7 cm³/mol. The normalized spacial score (nSPS) is 20.2. The van der Waals surface area contributed by atoms with Gasteiger partial charge in [-0.2, -0.15) is 5.10 Å². The number of hydrogen-bond donors (Lipinski definition) is 1. The van der Waals surface area contributed by atoms with E-state index in [0.29, 0.717) is 5.92 Å². The number of nitrogens with one attached hydrogen (secondary N) is 1. The van der Waals surface area contributed by atoms with E-state index in [-0.39, 0.29) is 6.10 Å². The molecule has 0 aliphatic carbocycles. The van der Waals surface area contributed by atoms with Gasteiger partial charge in [0.15, 0.2) is 0 Å². The second kappa shape index (κ2) is 7.70. The number of ether oxygens (including phenoxy) is 1. The molecule has 0 saturated carbocycles. The highest BCUT2D eigenvalue weighted by Crippen LogP contribution is 2.32. The fourth-order valence-corrected chi connectivity index (χ4v) is 3.44. The minimum absolute atomic E-state index is 0.0372. The lowest BCUT2D eigenvalue weighted by Gasteiger charge is -2.31. The molecule has 1 aliphatic rings. The third kappa shape index (κ3) is 3.77. The molecule has 2 atom stereocenters. The summed E-state index contributed by atoms with van der Waals surface area (Å²) in [5, 5.41) is 8.09. The van der Waals surface area contributed by atoms with Crippen molar-refractivity contribution in [1.29, 1.82) is 0 Å². The van der Waals surface area contributed by atoms with Crippen molar-refractivity contribution in [2.45, 2.75) is 25.5 Å². The van der Waals surface area contributed by atoms with Crippen molar-refractivity contribution in [2.24, 2.45) is 13.0 Å². The van der Waals surface area contributed by atoms with Gasteiger partial charge in [0, 0.05) is 63.2 Å². The molecule has 4 rings (SSSR count). The van der Waals surface area contributed by atoms with Crippen LogP contribution < -0.4 is 5.32 Å². The maximum atomic E-state index is 6.03. The minimum atomic E-state index is 0.0372. The third-order valence-electron chi connectivity index (χ3n) is 4.84. The van der Waals surface area contributed by atoms with Gasteiger partial charge < -0.3 is 14.6 Å². The zero-order valence-corrected chi connectivity index (χ0v) is 15.0. The highest BCUT2D eigenvalue weighted by atomic mass is 16.5. The van der Waals surface area contributed by atoms with Gasteiger partial charge in [-0.25, -0.2) is 4.98 Å². The van der Waals surface area contributed by atoms with Crippen LogP contribution in [0.4, 0.5) is 5.82 Å². The molecule has 3 aromatic rings. The monoisotopic (exact) mass is 352 g/mol. The van der Waals surface area contributed by atoms with E-state index < -0.39 is 0 Å². The summed E-state index contributed by atoms with van der Waals surface area (Å²) in [5.41, 5.74) is 1.19. The topological polar surface area (TPSA) is 69.8 Å². The SMILES string of the molecule is Cn1ccnc1[C@@H]1OCCC[C@H]1CNc1ccn(Cc2ccncc2)n1. The van der Waals surface area contributed by atoms with Crippen molar-refractivity contribution in [2.75, 3.05) is 18.5 Å². The van der Waals surface area contributed by atoms with Crippen molar-refractivity contribution in [1.82, 2.24) is 24.3 Å². The number of aromatic nitrogens is 5. The van der Waals surface area contributed by atoms with Gasteiger partial charge in [-0.15, -0.1) is 0 Å². The Balaban J connectivity index is 1.38. The van der Waals surface area contributed by atoms with E-state index >= 15 is 0 Å². The van der Waals surface area contributed by atoms with Crippen LogP contribution in [0.3, 0.4) is 0 Å². The van der Waals surface area contributed by atoms with E-state index in [1.807, 2.05) is 53.1 Å². The molecule has 1 saturated heterocycles. The summed E-state index contributed by atoms with van der Waals surface area (Å²) in [7, 11) is 2.02. The Bertz CT molecular complexity index is 827. The maximum Gasteiger partial charge on any atom is 0.148 e. The lowest BCUT2D eigenvalue weighted by molar-refractivity contribution is -0.0305. The predicted octanol–water partition coefficient (Wildman–Crippen LogP) is 2.64. The Hall–Kier alpha value is -2.67. The second-order valence-corrected chi connectivity index (χ2v) is 6.72. The van der Waals surface area contributed by atoms with Gasteiger partial charge in [-0.1, -0.05) is 0 Å². The summed E-state index contributed by atoms with van der Waals surface area (Å²) in [4.78, 5) is 8.53. The van der Waals surface area contributed by atoms with E-state index in [1.165, 1.54) is 5.56 Å². The van der Waals surface area contributed by atoms with Crippen LogP contribution in [0.2, 0.25) is 0 Å². The summed E-state index contributed by atoms with van der Waals surface area (Å²) in [6.45, 7) is 2.37. The zero-order chi connectivity index (χ0) is 17.8. The van der Waals surface area contributed by atoms with Crippen molar-refractivity contribution in [3.05, 3.63) is 60.6 Å². The first kappa shape index (κ1) is 16.8. The van der Waals surface area contributed by atoms with E-state index in [4.69, 9.17) is 4.74 Å². The Morgan fingerprint density at radius 2 is 2.08 bits per heavy atom. The summed E-state index contributed by atoms with van der Waals surface area (Å²) in [6, 6.07) is 6.03. The first-order valence-electron chi connectivity index (χ1n) is 9.04. The highest BCUT2D eigenvalue weighted by Gasteiger charge is 2.30. The highest BCUT2D eigenvalue weighted by molar-refractivity contribution is 5.32. The van der Waals surface area contributed by atoms with E-state index in [1.54, 1.807) is 12.4 Å². The molecule has 3 aromatic heterocycles. The third-order valence-corrected chi connectivity index (χ3v) is 4.84. The van der Waals surface area contributed by atoms with Crippen LogP contribution in [0.25, 0.3) is 0 Å². The van der Waals surface area contributed by atoms with Crippen LogP contribution >= 0.6 is 0 Å². The first-order chi connectivity index (χ1) is 12.8. The van der Waals surface area contributed by atoms with Crippen LogP contribution in [0.5, 0.6) is 0 Å². The van der Waals surface area contributed by atoms with Gasteiger partial charge in [0.05, 0.1) is 6.54 Å². The standard InChI is InChI=1S/C19H24N6O/c1-24-11-9-21-19(24)18-16(3-2-12-26-18)13-22-17-6-10-25(23-17)14-15-4-7-20-8-5-15/h4-11,16,18H,2-3,12-14H2,1H3,(H,22,23)/t16-,18+/m0/s1. The molecule has 1 aliphatic heterocycles. The maximum absolute atomic E-state index is 6.03. The van der Waals surface area contributed by atoms with Crippen LogP contribution in [-0.2, 0) is 18.3 Å². The number of imidazole rings is 1. The number of nitrogens with zero attached hydrogens (tertiary/aromatic N) is 5. The molecule has 0 bridgehead atoms. The van der Waals surface area contributed by atoms with Gasteiger partial charge in [0.25, 0.3) is 0 Å². The summed E-state index contributed by atoms with van der Waals surface area (Å²) < 4.78 is 10.0. The number of aryl methyl sites for hydroxylation is 1. The summed E-state index contributed by atoms with van der Waals surface area (Å²) in [6.07, 6.45) is 11.7. The molecule has 0 radical (unpaired) electrons. The first-order valence-corrected chi connectivity index (χ1v) is 9.04. The van der Waals surface area contributed by atoms with Gasteiger partial charge in [0.1, 0.15) is 17.7 Å². The van der Waals surface area contributed by atoms with E-state index in [0.717, 1.165) is 44.2 Å². The van der Waals surface area contributed by atoms with Gasteiger partial charge >= 0.3 is 0 Å². The lowest BCUT2D eigenvalue weighted by atomic mass is 9.93. The average Bonchev–Trinajstić information content (AvgIpc) is 3.30. The molecular weight excluding hydrogens is 328 g/mol. The Morgan fingerprint density at radius 3 is 2.88 bits per heavy atom.